The molecule has 0 bridgehead atoms. The number of carbonyl (C=O) groups is 1. The normalized spacial score (nSPS) is 15.8. The number of aromatic nitrogens is 1. The number of amides is 1. The highest BCUT2D eigenvalue weighted by molar-refractivity contribution is 5.87. The zero-order chi connectivity index (χ0) is 24.8. The SMILES string of the molecule is O=C(CCN1CCC(NC[C@@H](O)c2ccc(O)c3[nH]c(=O)ccc23)CC1)NCc1ccccc1O. The van der Waals surface area contributed by atoms with E-state index in [-0.39, 0.29) is 29.0 Å². The van der Waals surface area contributed by atoms with Gasteiger partial charge in [-0.15, -0.1) is 0 Å². The number of aliphatic hydroxyl groups is 1. The lowest BCUT2D eigenvalue weighted by Crippen LogP contribution is -2.44. The lowest BCUT2D eigenvalue weighted by atomic mass is 10.0. The summed E-state index contributed by atoms with van der Waals surface area (Å²) in [4.78, 5) is 28.7. The van der Waals surface area contributed by atoms with Crippen molar-refractivity contribution in [2.45, 2.75) is 38.0 Å². The van der Waals surface area contributed by atoms with Gasteiger partial charge in [0.2, 0.25) is 11.5 Å². The second kappa shape index (κ2) is 11.4. The van der Waals surface area contributed by atoms with Crippen LogP contribution in [-0.4, -0.2) is 63.3 Å². The first-order chi connectivity index (χ1) is 16.9. The molecule has 0 spiro atoms. The molecule has 1 amide bonds. The van der Waals surface area contributed by atoms with Crippen molar-refractivity contribution in [3.8, 4) is 11.5 Å². The van der Waals surface area contributed by atoms with Gasteiger partial charge >= 0.3 is 0 Å². The van der Waals surface area contributed by atoms with Crippen molar-refractivity contribution in [2.24, 2.45) is 0 Å². The lowest BCUT2D eigenvalue weighted by molar-refractivity contribution is -0.121. The smallest absolute Gasteiger partial charge is 0.248 e. The van der Waals surface area contributed by atoms with E-state index in [0.717, 1.165) is 25.9 Å². The molecule has 1 saturated heterocycles. The summed E-state index contributed by atoms with van der Waals surface area (Å²) in [5.41, 5.74) is 1.36. The van der Waals surface area contributed by atoms with Crippen LogP contribution < -0.4 is 16.2 Å². The fourth-order valence-electron chi connectivity index (χ4n) is 4.50. The van der Waals surface area contributed by atoms with Crippen LogP contribution in [0.25, 0.3) is 10.9 Å². The monoisotopic (exact) mass is 480 g/mol. The van der Waals surface area contributed by atoms with Crippen LogP contribution in [0.5, 0.6) is 11.5 Å². The van der Waals surface area contributed by atoms with E-state index in [2.05, 4.69) is 20.5 Å². The molecule has 1 aliphatic rings. The van der Waals surface area contributed by atoms with Crippen LogP contribution in [0.1, 0.15) is 36.5 Å². The molecular weight excluding hydrogens is 448 g/mol. The Hall–Kier alpha value is -3.40. The lowest BCUT2D eigenvalue weighted by Gasteiger charge is -2.32. The fourth-order valence-corrected chi connectivity index (χ4v) is 4.50. The highest BCUT2D eigenvalue weighted by Gasteiger charge is 2.21. The van der Waals surface area contributed by atoms with E-state index in [9.17, 15) is 24.9 Å². The van der Waals surface area contributed by atoms with E-state index in [4.69, 9.17) is 0 Å². The van der Waals surface area contributed by atoms with E-state index in [1.54, 1.807) is 30.3 Å². The summed E-state index contributed by atoms with van der Waals surface area (Å²) in [5, 5.41) is 37.5. The van der Waals surface area contributed by atoms with Crippen molar-refractivity contribution in [2.75, 3.05) is 26.2 Å². The number of pyridine rings is 1. The van der Waals surface area contributed by atoms with E-state index < -0.39 is 6.10 Å². The van der Waals surface area contributed by atoms with Gasteiger partial charge in [-0.2, -0.15) is 0 Å². The Morgan fingerprint density at radius 3 is 2.60 bits per heavy atom. The number of H-pyrrole nitrogens is 1. The molecule has 1 aromatic heterocycles. The summed E-state index contributed by atoms with van der Waals surface area (Å²) in [5.74, 6) is 0.112. The van der Waals surface area contributed by atoms with Crippen LogP contribution in [0.4, 0.5) is 0 Å². The van der Waals surface area contributed by atoms with Crippen LogP contribution in [0.3, 0.4) is 0 Å². The number of hydrogen-bond acceptors (Lipinski definition) is 7. The Bertz CT molecular complexity index is 1220. The predicted molar refractivity (Wildman–Crippen MR) is 133 cm³/mol. The van der Waals surface area contributed by atoms with Crippen molar-refractivity contribution in [3.63, 3.8) is 0 Å². The molecular formula is C26H32N4O5. The van der Waals surface area contributed by atoms with Crippen LogP contribution in [0.15, 0.2) is 53.3 Å². The number of phenolic OH excluding ortho intramolecular Hbond substituents is 2. The van der Waals surface area contributed by atoms with Crippen molar-refractivity contribution >= 4 is 16.8 Å². The summed E-state index contributed by atoms with van der Waals surface area (Å²) < 4.78 is 0. The highest BCUT2D eigenvalue weighted by atomic mass is 16.3. The molecule has 0 saturated carbocycles. The number of nitrogens with zero attached hydrogens (tertiary/aromatic N) is 1. The Morgan fingerprint density at radius 1 is 1.06 bits per heavy atom. The number of nitrogens with one attached hydrogen (secondary N) is 3. The zero-order valence-electron chi connectivity index (χ0n) is 19.5. The van der Waals surface area contributed by atoms with Crippen molar-refractivity contribution in [1.29, 1.82) is 0 Å². The van der Waals surface area contributed by atoms with Gasteiger partial charge in [-0.3, -0.25) is 9.59 Å². The molecule has 35 heavy (non-hydrogen) atoms. The van der Waals surface area contributed by atoms with Gasteiger partial charge in [0, 0.05) is 49.1 Å². The Labute approximate surface area is 203 Å². The number of aromatic amines is 1. The molecule has 6 N–H and O–H groups in total. The summed E-state index contributed by atoms with van der Waals surface area (Å²) in [7, 11) is 0. The first-order valence-corrected chi connectivity index (χ1v) is 11.9. The van der Waals surface area contributed by atoms with Crippen molar-refractivity contribution in [3.05, 3.63) is 70.0 Å². The van der Waals surface area contributed by atoms with E-state index >= 15 is 0 Å². The second-order valence-corrected chi connectivity index (χ2v) is 8.98. The van der Waals surface area contributed by atoms with Crippen LogP contribution in [0, 0.1) is 0 Å². The minimum atomic E-state index is -0.783. The molecule has 0 unspecified atom stereocenters. The van der Waals surface area contributed by atoms with Gasteiger partial charge in [0.25, 0.3) is 0 Å². The fraction of sp³-hybridized carbons (Fsp3) is 0.385. The largest absolute Gasteiger partial charge is 0.508 e. The van der Waals surface area contributed by atoms with E-state index in [1.165, 1.54) is 12.1 Å². The number of para-hydroxylation sites is 1. The molecule has 186 valence electrons. The van der Waals surface area contributed by atoms with Crippen LogP contribution >= 0.6 is 0 Å². The molecule has 1 aliphatic heterocycles. The maximum Gasteiger partial charge on any atom is 0.248 e. The number of phenols is 2. The maximum absolute atomic E-state index is 12.2. The number of carbonyl (C=O) groups excluding carboxylic acids is 1. The standard InChI is InChI=1S/C26H32N4O5/c31-21-4-2-1-3-17(21)15-28-24(34)11-14-30-12-9-18(10-13-30)27-16-23(33)19-5-7-22(32)26-20(19)6-8-25(35)29-26/h1-8,18,23,27,31-33H,9-16H2,(H,28,34)(H,29,35)/t23-/m1/s1. The van der Waals surface area contributed by atoms with Gasteiger partial charge in [-0.05, 0) is 49.7 Å². The molecule has 9 heteroatoms. The molecule has 2 aromatic carbocycles. The molecule has 3 aromatic rings. The van der Waals surface area contributed by atoms with Gasteiger partial charge in [0.15, 0.2) is 0 Å². The van der Waals surface area contributed by atoms with Crippen LogP contribution in [-0.2, 0) is 11.3 Å². The summed E-state index contributed by atoms with van der Waals surface area (Å²) >= 11 is 0. The topological polar surface area (TPSA) is 138 Å². The number of hydrogen-bond donors (Lipinski definition) is 6. The molecule has 0 aliphatic carbocycles. The first kappa shape index (κ1) is 24.7. The van der Waals surface area contributed by atoms with E-state index in [1.807, 2.05) is 6.07 Å². The van der Waals surface area contributed by atoms with Crippen molar-refractivity contribution < 1.29 is 20.1 Å². The average molecular weight is 481 g/mol. The molecule has 0 radical (unpaired) electrons. The molecule has 1 fully saturated rings. The minimum Gasteiger partial charge on any atom is -0.508 e. The van der Waals surface area contributed by atoms with E-state index in [0.29, 0.717) is 48.1 Å². The quantitative estimate of drug-likeness (QED) is 0.274. The van der Waals surface area contributed by atoms with Gasteiger partial charge in [-0.1, -0.05) is 24.3 Å². The third-order valence-electron chi connectivity index (χ3n) is 6.58. The summed E-state index contributed by atoms with van der Waals surface area (Å²) in [6.45, 7) is 3.08. The number of aromatic hydroxyl groups is 2. The number of aliphatic hydroxyl groups excluding tert-OH is 1. The Balaban J connectivity index is 1.19. The second-order valence-electron chi connectivity index (χ2n) is 8.98. The van der Waals surface area contributed by atoms with Gasteiger partial charge < -0.3 is 35.8 Å². The maximum atomic E-state index is 12.2. The third kappa shape index (κ3) is 6.39. The highest BCUT2D eigenvalue weighted by Crippen LogP contribution is 2.28. The van der Waals surface area contributed by atoms with Gasteiger partial charge in [0.05, 0.1) is 11.6 Å². The number of likely N-dealkylation sites (tertiary alicyclic amines) is 1. The third-order valence-corrected chi connectivity index (χ3v) is 6.58. The molecule has 2 heterocycles. The van der Waals surface area contributed by atoms with Gasteiger partial charge in [0.1, 0.15) is 11.5 Å². The van der Waals surface area contributed by atoms with Crippen molar-refractivity contribution in [1.82, 2.24) is 20.5 Å². The first-order valence-electron chi connectivity index (χ1n) is 11.9. The Kier molecular flexibility index (Phi) is 8.02. The number of fused-ring (bicyclic) bond motifs is 1. The molecule has 4 rings (SSSR count). The minimum absolute atomic E-state index is 0.0270. The summed E-state index contributed by atoms with van der Waals surface area (Å²) in [6, 6.07) is 13.4. The van der Waals surface area contributed by atoms with Gasteiger partial charge in [-0.25, -0.2) is 0 Å². The zero-order valence-corrected chi connectivity index (χ0v) is 19.5. The predicted octanol–water partition coefficient (Wildman–Crippen LogP) is 1.73. The van der Waals surface area contributed by atoms with Crippen LogP contribution in [0.2, 0.25) is 0 Å². The molecule has 1 atom stereocenters. The number of piperidine rings is 1. The number of rotatable bonds is 9. The number of benzene rings is 2. The Morgan fingerprint density at radius 2 is 1.83 bits per heavy atom. The average Bonchev–Trinajstić information content (AvgIpc) is 2.86. The summed E-state index contributed by atoms with van der Waals surface area (Å²) in [6.07, 6.45) is 1.45. The molecule has 9 nitrogen and oxygen atoms in total.